The fourth-order valence-electron chi connectivity index (χ4n) is 0.979. The van der Waals surface area contributed by atoms with E-state index in [0.29, 0.717) is 12.1 Å². The molecule has 1 atom stereocenters. The highest BCUT2D eigenvalue weighted by molar-refractivity contribution is 14.1. The van der Waals surface area contributed by atoms with Crippen LogP contribution < -0.4 is 5.73 Å². The van der Waals surface area contributed by atoms with Crippen LogP contribution in [0.15, 0.2) is 12.1 Å². The van der Waals surface area contributed by atoms with Crippen molar-refractivity contribution in [1.82, 2.24) is 0 Å². The van der Waals surface area contributed by atoms with Crippen LogP contribution in [0, 0.1) is 15.2 Å². The molecule has 0 unspecified atom stereocenters. The van der Waals surface area contributed by atoms with E-state index in [1.165, 1.54) is 22.6 Å². The zero-order valence-corrected chi connectivity index (χ0v) is 9.23. The lowest BCUT2D eigenvalue weighted by atomic mass is 10.1. The predicted octanol–water partition coefficient (Wildman–Crippen LogP) is 3.13. The van der Waals surface area contributed by atoms with Crippen LogP contribution in [0.4, 0.5) is 22.0 Å². The number of benzene rings is 1. The summed E-state index contributed by atoms with van der Waals surface area (Å²) in [5.74, 6) is -2.13. The lowest BCUT2D eigenvalue weighted by Gasteiger charge is -2.17. The van der Waals surface area contributed by atoms with Gasteiger partial charge in [-0.3, -0.25) is 0 Å². The van der Waals surface area contributed by atoms with Gasteiger partial charge in [-0.1, -0.05) is 0 Å². The zero-order valence-electron chi connectivity index (χ0n) is 7.08. The molecule has 15 heavy (non-hydrogen) atoms. The van der Waals surface area contributed by atoms with Crippen molar-refractivity contribution >= 4 is 22.6 Å². The molecule has 0 bridgehead atoms. The first kappa shape index (κ1) is 12.6. The molecule has 0 saturated carbocycles. The SMILES string of the molecule is N[C@@H](c1cc(F)cc(F)c1I)C(F)(F)F. The number of hydrogen-bond acceptors (Lipinski definition) is 1. The summed E-state index contributed by atoms with van der Waals surface area (Å²) in [6.45, 7) is 0. The molecule has 0 fully saturated rings. The number of alkyl halides is 3. The van der Waals surface area contributed by atoms with Crippen molar-refractivity contribution in [3.8, 4) is 0 Å². The van der Waals surface area contributed by atoms with Crippen molar-refractivity contribution < 1.29 is 22.0 Å². The zero-order chi connectivity index (χ0) is 11.8. The Morgan fingerprint density at radius 3 is 2.20 bits per heavy atom. The molecular formula is C8H5F5IN. The molecule has 2 N–H and O–H groups in total. The van der Waals surface area contributed by atoms with Crippen LogP contribution in [0.3, 0.4) is 0 Å². The first-order chi connectivity index (χ1) is 6.73. The van der Waals surface area contributed by atoms with Crippen LogP contribution in [0.2, 0.25) is 0 Å². The van der Waals surface area contributed by atoms with Gasteiger partial charge in [0.1, 0.15) is 17.7 Å². The Morgan fingerprint density at radius 1 is 1.20 bits per heavy atom. The molecule has 0 aliphatic heterocycles. The number of halogens is 6. The molecule has 1 rings (SSSR count). The molecule has 0 spiro atoms. The van der Waals surface area contributed by atoms with Gasteiger partial charge in [-0.15, -0.1) is 0 Å². The minimum Gasteiger partial charge on any atom is -0.316 e. The van der Waals surface area contributed by atoms with E-state index in [9.17, 15) is 22.0 Å². The monoisotopic (exact) mass is 337 g/mol. The lowest BCUT2D eigenvalue weighted by molar-refractivity contribution is -0.149. The molecule has 1 aromatic carbocycles. The normalized spacial score (nSPS) is 14.1. The summed E-state index contributed by atoms with van der Waals surface area (Å²) >= 11 is 1.36. The lowest BCUT2D eigenvalue weighted by Crippen LogP contribution is -2.29. The summed E-state index contributed by atoms with van der Waals surface area (Å²) in [5.41, 5.74) is 4.25. The van der Waals surface area contributed by atoms with E-state index >= 15 is 0 Å². The van der Waals surface area contributed by atoms with Gasteiger partial charge in [0.05, 0.1) is 3.57 Å². The third-order valence-electron chi connectivity index (χ3n) is 1.71. The van der Waals surface area contributed by atoms with Gasteiger partial charge in [-0.05, 0) is 34.2 Å². The molecular weight excluding hydrogens is 332 g/mol. The summed E-state index contributed by atoms with van der Waals surface area (Å²) in [7, 11) is 0. The van der Waals surface area contributed by atoms with Crippen LogP contribution in [0.5, 0.6) is 0 Å². The maximum absolute atomic E-state index is 12.9. The molecule has 0 aliphatic carbocycles. The highest BCUT2D eigenvalue weighted by Gasteiger charge is 2.39. The maximum atomic E-state index is 12.9. The predicted molar refractivity (Wildman–Crippen MR) is 52.1 cm³/mol. The van der Waals surface area contributed by atoms with Gasteiger partial charge >= 0.3 is 6.18 Å². The van der Waals surface area contributed by atoms with E-state index in [1.807, 2.05) is 0 Å². The fraction of sp³-hybridized carbons (Fsp3) is 0.250. The quantitative estimate of drug-likeness (QED) is 0.476. The second-order valence-electron chi connectivity index (χ2n) is 2.81. The number of hydrogen-bond donors (Lipinski definition) is 1. The van der Waals surface area contributed by atoms with Gasteiger partial charge in [-0.2, -0.15) is 13.2 Å². The van der Waals surface area contributed by atoms with E-state index in [0.717, 1.165) is 0 Å². The fourth-order valence-corrected chi connectivity index (χ4v) is 1.63. The largest absolute Gasteiger partial charge is 0.407 e. The van der Waals surface area contributed by atoms with E-state index in [-0.39, 0.29) is 3.57 Å². The molecule has 1 nitrogen and oxygen atoms in total. The molecule has 84 valence electrons. The molecule has 0 radical (unpaired) electrons. The van der Waals surface area contributed by atoms with Crippen molar-refractivity contribution in [2.45, 2.75) is 12.2 Å². The van der Waals surface area contributed by atoms with Gasteiger partial charge in [0, 0.05) is 6.07 Å². The van der Waals surface area contributed by atoms with E-state index in [2.05, 4.69) is 0 Å². The van der Waals surface area contributed by atoms with Crippen molar-refractivity contribution in [3.05, 3.63) is 32.9 Å². The van der Waals surface area contributed by atoms with Gasteiger partial charge in [-0.25, -0.2) is 8.78 Å². The third kappa shape index (κ3) is 2.77. The van der Waals surface area contributed by atoms with Crippen molar-refractivity contribution in [2.75, 3.05) is 0 Å². The molecule has 7 heteroatoms. The van der Waals surface area contributed by atoms with Crippen molar-refractivity contribution in [3.63, 3.8) is 0 Å². The highest BCUT2D eigenvalue weighted by Crippen LogP contribution is 2.34. The summed E-state index contributed by atoms with van der Waals surface area (Å²) in [6.07, 6.45) is -4.72. The summed E-state index contributed by atoms with van der Waals surface area (Å²) in [5, 5.41) is 0. The Labute approximate surface area is 95.6 Å². The first-order valence-electron chi connectivity index (χ1n) is 3.70. The van der Waals surface area contributed by atoms with Crippen molar-refractivity contribution in [1.29, 1.82) is 0 Å². The Kier molecular flexibility index (Phi) is 3.54. The summed E-state index contributed by atoms with van der Waals surface area (Å²) in [4.78, 5) is 0. The second kappa shape index (κ2) is 4.20. The van der Waals surface area contributed by atoms with Gasteiger partial charge in [0.2, 0.25) is 0 Å². The number of nitrogens with two attached hydrogens (primary N) is 1. The minimum atomic E-state index is -4.72. The van der Waals surface area contributed by atoms with E-state index in [1.54, 1.807) is 0 Å². The second-order valence-corrected chi connectivity index (χ2v) is 3.89. The molecule has 0 aromatic heterocycles. The number of rotatable bonds is 1. The average molecular weight is 337 g/mol. The van der Waals surface area contributed by atoms with Crippen LogP contribution in [-0.4, -0.2) is 6.18 Å². The summed E-state index contributed by atoms with van der Waals surface area (Å²) < 4.78 is 61.9. The highest BCUT2D eigenvalue weighted by atomic mass is 127. The topological polar surface area (TPSA) is 26.0 Å². The standard InChI is InChI=1S/C8H5F5IN/c9-3-1-4(6(14)5(10)2-3)7(15)8(11,12)13/h1-2,7H,15H2/t7-/m0/s1. The Hall–Kier alpha value is -0.440. The van der Waals surface area contributed by atoms with E-state index in [4.69, 9.17) is 5.73 Å². The van der Waals surface area contributed by atoms with Crippen LogP contribution in [0.1, 0.15) is 11.6 Å². The Bertz CT molecular complexity index is 376. The Morgan fingerprint density at radius 2 is 1.73 bits per heavy atom. The maximum Gasteiger partial charge on any atom is 0.407 e. The Balaban J connectivity index is 3.25. The molecule has 1 aromatic rings. The smallest absolute Gasteiger partial charge is 0.316 e. The van der Waals surface area contributed by atoms with Gasteiger partial charge < -0.3 is 5.73 Å². The van der Waals surface area contributed by atoms with E-state index < -0.39 is 29.4 Å². The van der Waals surface area contributed by atoms with Crippen LogP contribution >= 0.6 is 22.6 Å². The first-order valence-corrected chi connectivity index (χ1v) is 4.78. The molecule has 0 aliphatic rings. The molecule has 0 amide bonds. The summed E-state index contributed by atoms with van der Waals surface area (Å²) in [6, 6.07) is -1.29. The van der Waals surface area contributed by atoms with Crippen molar-refractivity contribution in [2.24, 2.45) is 5.73 Å². The van der Waals surface area contributed by atoms with Crippen LogP contribution in [-0.2, 0) is 0 Å². The van der Waals surface area contributed by atoms with Gasteiger partial charge in [0.15, 0.2) is 0 Å². The van der Waals surface area contributed by atoms with Crippen LogP contribution in [0.25, 0.3) is 0 Å². The van der Waals surface area contributed by atoms with Gasteiger partial charge in [0.25, 0.3) is 0 Å². The third-order valence-corrected chi connectivity index (χ3v) is 2.85. The molecule has 0 heterocycles. The molecule has 0 saturated heterocycles. The average Bonchev–Trinajstić information content (AvgIpc) is 2.08. The minimum absolute atomic E-state index is 0.321.